The molecule has 21 heavy (non-hydrogen) atoms. The standard InChI is InChI=1S/C14H14N4O3/c1-8-11(9(2)20-17-8)6-13-16-14(18-21-13)10-4-5-12(19-3)15-7-10/h4-5,7H,6H2,1-3H3. The molecule has 7 heteroatoms. The summed E-state index contributed by atoms with van der Waals surface area (Å²) in [4.78, 5) is 8.48. The predicted molar refractivity (Wildman–Crippen MR) is 72.9 cm³/mol. The second-order valence-electron chi connectivity index (χ2n) is 4.58. The average Bonchev–Trinajstić information content (AvgIpc) is 3.10. The molecule has 0 amide bonds. The van der Waals surface area contributed by atoms with Crippen LogP contribution in [0.25, 0.3) is 11.4 Å². The van der Waals surface area contributed by atoms with Gasteiger partial charge in [0.15, 0.2) is 0 Å². The van der Waals surface area contributed by atoms with Crippen LogP contribution in [0.15, 0.2) is 27.4 Å². The van der Waals surface area contributed by atoms with E-state index in [9.17, 15) is 0 Å². The fraction of sp³-hybridized carbons (Fsp3) is 0.286. The number of hydrogen-bond donors (Lipinski definition) is 0. The van der Waals surface area contributed by atoms with E-state index in [0.29, 0.717) is 24.0 Å². The SMILES string of the molecule is COc1ccc(-c2noc(Cc3c(C)noc3C)n2)cn1. The molecule has 7 nitrogen and oxygen atoms in total. The fourth-order valence-corrected chi connectivity index (χ4v) is 1.98. The van der Waals surface area contributed by atoms with E-state index in [1.165, 1.54) is 0 Å². The van der Waals surface area contributed by atoms with Crippen LogP contribution < -0.4 is 4.74 Å². The van der Waals surface area contributed by atoms with Crippen molar-refractivity contribution in [1.82, 2.24) is 20.3 Å². The molecule has 0 bridgehead atoms. The third-order valence-corrected chi connectivity index (χ3v) is 3.18. The summed E-state index contributed by atoms with van der Waals surface area (Å²) < 4.78 is 15.4. The van der Waals surface area contributed by atoms with Crippen LogP contribution in [-0.2, 0) is 6.42 Å². The lowest BCUT2D eigenvalue weighted by Crippen LogP contribution is -1.92. The molecule has 0 aromatic carbocycles. The molecule has 0 aliphatic carbocycles. The van der Waals surface area contributed by atoms with Gasteiger partial charge in [-0.15, -0.1) is 0 Å². The van der Waals surface area contributed by atoms with Crippen LogP contribution in [0.1, 0.15) is 22.9 Å². The van der Waals surface area contributed by atoms with Gasteiger partial charge in [-0.25, -0.2) is 4.98 Å². The van der Waals surface area contributed by atoms with Crippen molar-refractivity contribution < 1.29 is 13.8 Å². The zero-order valence-electron chi connectivity index (χ0n) is 12.0. The molecular formula is C14H14N4O3. The number of pyridine rings is 1. The molecular weight excluding hydrogens is 272 g/mol. The van der Waals surface area contributed by atoms with Crippen molar-refractivity contribution >= 4 is 0 Å². The van der Waals surface area contributed by atoms with Gasteiger partial charge in [0, 0.05) is 23.4 Å². The van der Waals surface area contributed by atoms with E-state index in [4.69, 9.17) is 13.8 Å². The second-order valence-corrected chi connectivity index (χ2v) is 4.58. The first-order chi connectivity index (χ1) is 10.2. The molecule has 0 atom stereocenters. The number of hydrogen-bond acceptors (Lipinski definition) is 7. The smallest absolute Gasteiger partial charge is 0.231 e. The van der Waals surface area contributed by atoms with Crippen LogP contribution in [0.3, 0.4) is 0 Å². The Bertz CT molecular complexity index is 726. The summed E-state index contributed by atoms with van der Waals surface area (Å²) in [6.07, 6.45) is 2.14. The number of aromatic nitrogens is 4. The van der Waals surface area contributed by atoms with E-state index >= 15 is 0 Å². The van der Waals surface area contributed by atoms with E-state index in [1.54, 1.807) is 19.4 Å². The molecule has 0 unspecified atom stereocenters. The third kappa shape index (κ3) is 2.62. The van der Waals surface area contributed by atoms with E-state index < -0.39 is 0 Å². The minimum Gasteiger partial charge on any atom is -0.481 e. The van der Waals surface area contributed by atoms with Crippen molar-refractivity contribution in [3.8, 4) is 17.3 Å². The molecule has 0 spiro atoms. The fourth-order valence-electron chi connectivity index (χ4n) is 1.98. The minimum atomic E-state index is 0.493. The van der Waals surface area contributed by atoms with Gasteiger partial charge in [-0.1, -0.05) is 10.3 Å². The minimum absolute atomic E-state index is 0.493. The highest BCUT2D eigenvalue weighted by Crippen LogP contribution is 2.20. The van der Waals surface area contributed by atoms with Gasteiger partial charge in [0.1, 0.15) is 5.76 Å². The van der Waals surface area contributed by atoms with Crippen molar-refractivity contribution in [3.63, 3.8) is 0 Å². The summed E-state index contributed by atoms with van der Waals surface area (Å²) >= 11 is 0. The van der Waals surface area contributed by atoms with Gasteiger partial charge in [0.2, 0.25) is 17.6 Å². The topological polar surface area (TPSA) is 87.1 Å². The normalized spacial score (nSPS) is 10.8. The summed E-state index contributed by atoms with van der Waals surface area (Å²) in [6, 6.07) is 3.58. The molecule has 0 aliphatic heterocycles. The number of ether oxygens (including phenoxy) is 1. The molecule has 3 heterocycles. The highest BCUT2D eigenvalue weighted by atomic mass is 16.5. The molecule has 0 aliphatic rings. The summed E-state index contributed by atoms with van der Waals surface area (Å²) in [5.41, 5.74) is 2.57. The van der Waals surface area contributed by atoms with Gasteiger partial charge in [0.05, 0.1) is 19.2 Å². The van der Waals surface area contributed by atoms with Crippen LogP contribution in [-0.4, -0.2) is 27.4 Å². The Kier molecular flexibility index (Phi) is 3.39. The number of nitrogens with zero attached hydrogens (tertiary/aromatic N) is 4. The Morgan fingerprint density at radius 2 is 2.00 bits per heavy atom. The van der Waals surface area contributed by atoms with Crippen LogP contribution in [0.4, 0.5) is 0 Å². The maximum absolute atomic E-state index is 5.27. The lowest BCUT2D eigenvalue weighted by molar-refractivity contribution is 0.381. The van der Waals surface area contributed by atoms with Gasteiger partial charge in [-0.05, 0) is 19.9 Å². The van der Waals surface area contributed by atoms with Crippen molar-refractivity contribution in [2.24, 2.45) is 0 Å². The van der Waals surface area contributed by atoms with Crippen molar-refractivity contribution in [2.45, 2.75) is 20.3 Å². The Morgan fingerprint density at radius 3 is 2.62 bits per heavy atom. The Labute approximate surface area is 120 Å². The van der Waals surface area contributed by atoms with E-state index in [-0.39, 0.29) is 0 Å². The van der Waals surface area contributed by atoms with Crippen molar-refractivity contribution in [1.29, 1.82) is 0 Å². The van der Waals surface area contributed by atoms with Crippen LogP contribution in [0.2, 0.25) is 0 Å². The quantitative estimate of drug-likeness (QED) is 0.727. The van der Waals surface area contributed by atoms with Crippen LogP contribution in [0.5, 0.6) is 5.88 Å². The first-order valence-electron chi connectivity index (χ1n) is 6.42. The third-order valence-electron chi connectivity index (χ3n) is 3.18. The summed E-state index contributed by atoms with van der Waals surface area (Å²) in [7, 11) is 1.57. The highest BCUT2D eigenvalue weighted by molar-refractivity contribution is 5.53. The average molecular weight is 286 g/mol. The van der Waals surface area contributed by atoms with Gasteiger partial charge in [0.25, 0.3) is 0 Å². The van der Waals surface area contributed by atoms with Gasteiger partial charge < -0.3 is 13.8 Å². The zero-order chi connectivity index (χ0) is 14.8. The Balaban J connectivity index is 1.82. The largest absolute Gasteiger partial charge is 0.481 e. The molecule has 3 rings (SSSR count). The molecule has 0 N–H and O–H groups in total. The zero-order valence-corrected chi connectivity index (χ0v) is 12.0. The highest BCUT2D eigenvalue weighted by Gasteiger charge is 2.15. The maximum Gasteiger partial charge on any atom is 0.231 e. The predicted octanol–water partition coefficient (Wildman–Crippen LogP) is 2.34. The molecule has 0 saturated carbocycles. The van der Waals surface area contributed by atoms with E-state index in [0.717, 1.165) is 22.6 Å². The maximum atomic E-state index is 5.27. The molecule has 0 radical (unpaired) electrons. The molecule has 3 aromatic rings. The number of rotatable bonds is 4. The number of methoxy groups -OCH3 is 1. The van der Waals surface area contributed by atoms with Crippen LogP contribution in [0, 0.1) is 13.8 Å². The van der Waals surface area contributed by atoms with Crippen LogP contribution >= 0.6 is 0 Å². The lowest BCUT2D eigenvalue weighted by Gasteiger charge is -1.97. The molecule has 0 fully saturated rings. The second kappa shape index (κ2) is 5.35. The van der Waals surface area contributed by atoms with E-state index in [1.807, 2.05) is 19.9 Å². The van der Waals surface area contributed by atoms with Gasteiger partial charge in [-0.3, -0.25) is 0 Å². The molecule has 0 saturated heterocycles. The van der Waals surface area contributed by atoms with Gasteiger partial charge in [-0.2, -0.15) is 4.98 Å². The summed E-state index contributed by atoms with van der Waals surface area (Å²) in [5.74, 6) is 2.30. The van der Waals surface area contributed by atoms with Crippen molar-refractivity contribution in [3.05, 3.63) is 41.2 Å². The van der Waals surface area contributed by atoms with E-state index in [2.05, 4.69) is 20.3 Å². The first kappa shape index (κ1) is 13.3. The monoisotopic (exact) mass is 286 g/mol. The summed E-state index contributed by atoms with van der Waals surface area (Å²) in [5, 5.41) is 7.87. The molecule has 3 aromatic heterocycles. The lowest BCUT2D eigenvalue weighted by atomic mass is 10.1. The first-order valence-corrected chi connectivity index (χ1v) is 6.42. The Hall–Kier alpha value is -2.70. The summed E-state index contributed by atoms with van der Waals surface area (Å²) in [6.45, 7) is 3.75. The Morgan fingerprint density at radius 1 is 1.14 bits per heavy atom. The van der Waals surface area contributed by atoms with Crippen molar-refractivity contribution in [2.75, 3.05) is 7.11 Å². The van der Waals surface area contributed by atoms with Gasteiger partial charge >= 0.3 is 0 Å². The number of aryl methyl sites for hydroxylation is 2. The molecule has 108 valence electrons.